The van der Waals surface area contributed by atoms with Crippen LogP contribution < -0.4 is 10.0 Å². The molecule has 21 heavy (non-hydrogen) atoms. The zero-order valence-electron chi connectivity index (χ0n) is 11.9. The van der Waals surface area contributed by atoms with E-state index in [9.17, 15) is 18.0 Å². The second-order valence-corrected chi connectivity index (χ2v) is 6.92. The zero-order chi connectivity index (χ0) is 15.6. The Morgan fingerprint density at radius 1 is 1.19 bits per heavy atom. The molecule has 1 aromatic rings. The number of amides is 1. The summed E-state index contributed by atoms with van der Waals surface area (Å²) in [5, 5.41) is 2.74. The summed E-state index contributed by atoms with van der Waals surface area (Å²) in [5.74, 6) is -0.467. The van der Waals surface area contributed by atoms with E-state index in [-0.39, 0.29) is 22.6 Å². The number of ketones is 1. The third kappa shape index (κ3) is 4.12. The van der Waals surface area contributed by atoms with Crippen molar-refractivity contribution in [3.8, 4) is 0 Å². The monoisotopic (exact) mass is 310 g/mol. The smallest absolute Gasteiger partial charge is 0.241 e. The van der Waals surface area contributed by atoms with Crippen LogP contribution in [0.4, 0.5) is 0 Å². The van der Waals surface area contributed by atoms with Crippen molar-refractivity contribution in [2.45, 2.75) is 43.7 Å². The Balaban J connectivity index is 2.06. The molecule has 1 saturated carbocycles. The molecule has 1 fully saturated rings. The Morgan fingerprint density at radius 2 is 1.76 bits per heavy atom. The van der Waals surface area contributed by atoms with Crippen LogP contribution in [0.5, 0.6) is 0 Å². The molecule has 6 nitrogen and oxygen atoms in total. The number of Topliss-reactive ketones (excluding diaryl/α,β-unsaturated/α-hetero) is 1. The molecule has 0 radical (unpaired) electrons. The van der Waals surface area contributed by atoms with Gasteiger partial charge in [-0.2, -0.15) is 4.72 Å². The van der Waals surface area contributed by atoms with Gasteiger partial charge in [-0.3, -0.25) is 9.59 Å². The number of benzene rings is 1. The van der Waals surface area contributed by atoms with E-state index in [4.69, 9.17) is 0 Å². The van der Waals surface area contributed by atoms with Crippen LogP contribution in [-0.2, 0) is 14.8 Å². The zero-order valence-corrected chi connectivity index (χ0v) is 12.7. The molecule has 1 atom stereocenters. The molecule has 0 unspecified atom stereocenters. The van der Waals surface area contributed by atoms with Crippen molar-refractivity contribution in [2.24, 2.45) is 0 Å². The van der Waals surface area contributed by atoms with Crippen LogP contribution >= 0.6 is 0 Å². The highest BCUT2D eigenvalue weighted by molar-refractivity contribution is 7.89. The first-order chi connectivity index (χ1) is 9.79. The van der Waals surface area contributed by atoms with Gasteiger partial charge >= 0.3 is 0 Å². The molecule has 7 heteroatoms. The van der Waals surface area contributed by atoms with Crippen molar-refractivity contribution < 1.29 is 18.0 Å². The van der Waals surface area contributed by atoms with E-state index in [1.165, 1.54) is 38.1 Å². The molecule has 0 spiro atoms. The predicted molar refractivity (Wildman–Crippen MR) is 77.4 cm³/mol. The van der Waals surface area contributed by atoms with Gasteiger partial charge in [0, 0.05) is 11.6 Å². The van der Waals surface area contributed by atoms with Crippen LogP contribution in [0.25, 0.3) is 0 Å². The summed E-state index contributed by atoms with van der Waals surface area (Å²) in [6.07, 6.45) is 1.88. The van der Waals surface area contributed by atoms with Gasteiger partial charge in [-0.05, 0) is 38.8 Å². The summed E-state index contributed by atoms with van der Waals surface area (Å²) >= 11 is 0. The van der Waals surface area contributed by atoms with E-state index in [2.05, 4.69) is 10.0 Å². The minimum absolute atomic E-state index is 0.0265. The fraction of sp³-hybridized carbons (Fsp3) is 0.429. The van der Waals surface area contributed by atoms with Crippen LogP contribution in [0.3, 0.4) is 0 Å². The lowest BCUT2D eigenvalue weighted by Crippen LogP contribution is -2.45. The third-order valence-electron chi connectivity index (χ3n) is 3.22. The maximum atomic E-state index is 12.2. The summed E-state index contributed by atoms with van der Waals surface area (Å²) < 4.78 is 26.6. The number of nitrogens with one attached hydrogen (secondary N) is 2. The highest BCUT2D eigenvalue weighted by atomic mass is 32.2. The van der Waals surface area contributed by atoms with Gasteiger partial charge in [0.05, 0.1) is 10.9 Å². The summed E-state index contributed by atoms with van der Waals surface area (Å²) in [6.45, 7) is 2.91. The maximum Gasteiger partial charge on any atom is 0.241 e. The lowest BCUT2D eigenvalue weighted by atomic mass is 10.2. The van der Waals surface area contributed by atoms with Crippen molar-refractivity contribution in [3.05, 3.63) is 29.8 Å². The molecule has 0 saturated heterocycles. The van der Waals surface area contributed by atoms with E-state index in [1.807, 2.05) is 0 Å². The molecule has 1 amide bonds. The van der Waals surface area contributed by atoms with E-state index in [0.717, 1.165) is 12.8 Å². The van der Waals surface area contributed by atoms with Crippen molar-refractivity contribution in [3.63, 3.8) is 0 Å². The summed E-state index contributed by atoms with van der Waals surface area (Å²) in [4.78, 5) is 23.0. The van der Waals surface area contributed by atoms with Crippen LogP contribution in [0.15, 0.2) is 29.2 Å². The summed E-state index contributed by atoms with van der Waals surface area (Å²) in [5.41, 5.74) is 0.438. The van der Waals surface area contributed by atoms with Gasteiger partial charge in [0.2, 0.25) is 15.9 Å². The Labute approximate surface area is 124 Å². The third-order valence-corrected chi connectivity index (χ3v) is 4.78. The molecular weight excluding hydrogens is 292 g/mol. The van der Waals surface area contributed by atoms with E-state index < -0.39 is 16.1 Å². The highest BCUT2D eigenvalue weighted by Gasteiger charge is 2.28. The predicted octanol–water partition coefficient (Wildman–Crippen LogP) is 0.835. The molecule has 0 aromatic heterocycles. The number of carbonyl (C=O) groups excluding carboxylic acids is 2. The van der Waals surface area contributed by atoms with Crippen molar-refractivity contribution in [1.82, 2.24) is 10.0 Å². The number of rotatable bonds is 6. The fourth-order valence-electron chi connectivity index (χ4n) is 1.78. The number of hydrogen-bond donors (Lipinski definition) is 2. The largest absolute Gasteiger partial charge is 0.352 e. The number of hydrogen-bond acceptors (Lipinski definition) is 4. The second kappa shape index (κ2) is 5.95. The molecule has 1 aliphatic rings. The summed E-state index contributed by atoms with van der Waals surface area (Å²) in [7, 11) is -3.78. The minimum Gasteiger partial charge on any atom is -0.352 e. The lowest BCUT2D eigenvalue weighted by molar-refractivity contribution is -0.122. The van der Waals surface area contributed by atoms with Crippen molar-refractivity contribution in [2.75, 3.05) is 0 Å². The second-order valence-electron chi connectivity index (χ2n) is 5.21. The quantitative estimate of drug-likeness (QED) is 0.761. The molecule has 2 rings (SSSR count). The normalized spacial score (nSPS) is 16.3. The number of sulfonamides is 1. The topological polar surface area (TPSA) is 92.3 Å². The van der Waals surface area contributed by atoms with Crippen LogP contribution in [0.2, 0.25) is 0 Å². The fourth-order valence-corrected chi connectivity index (χ4v) is 2.98. The first-order valence-corrected chi connectivity index (χ1v) is 8.21. The van der Waals surface area contributed by atoms with Crippen LogP contribution in [-0.4, -0.2) is 32.2 Å². The summed E-state index contributed by atoms with van der Waals surface area (Å²) in [6, 6.07) is 4.94. The Hall–Kier alpha value is -1.73. The van der Waals surface area contributed by atoms with Gasteiger partial charge in [-0.1, -0.05) is 12.1 Å². The van der Waals surface area contributed by atoms with Gasteiger partial charge in [0.15, 0.2) is 5.78 Å². The first-order valence-electron chi connectivity index (χ1n) is 6.73. The molecule has 1 aromatic carbocycles. The first kappa shape index (κ1) is 15.7. The molecule has 0 heterocycles. The maximum absolute atomic E-state index is 12.2. The molecule has 114 valence electrons. The van der Waals surface area contributed by atoms with E-state index in [0.29, 0.717) is 5.56 Å². The Kier molecular flexibility index (Phi) is 4.43. The molecule has 0 aliphatic heterocycles. The standard InChI is InChI=1S/C14H18N2O4S/c1-9(14(18)15-12-5-6-12)16-21(19,20)13-7-3-11(4-8-13)10(2)17/h3-4,7-9,12,16H,5-6H2,1-2H3,(H,15,18)/t9-/m0/s1. The van der Waals surface area contributed by atoms with Crippen LogP contribution in [0, 0.1) is 0 Å². The average molecular weight is 310 g/mol. The van der Waals surface area contributed by atoms with E-state index in [1.54, 1.807) is 0 Å². The van der Waals surface area contributed by atoms with Gasteiger partial charge in [0.25, 0.3) is 0 Å². The molecule has 0 bridgehead atoms. The van der Waals surface area contributed by atoms with Crippen molar-refractivity contribution in [1.29, 1.82) is 0 Å². The van der Waals surface area contributed by atoms with Crippen LogP contribution in [0.1, 0.15) is 37.0 Å². The van der Waals surface area contributed by atoms with E-state index >= 15 is 0 Å². The lowest BCUT2D eigenvalue weighted by Gasteiger charge is -2.14. The van der Waals surface area contributed by atoms with Crippen molar-refractivity contribution >= 4 is 21.7 Å². The highest BCUT2D eigenvalue weighted by Crippen LogP contribution is 2.18. The molecule has 2 N–H and O–H groups in total. The Bertz CT molecular complexity index is 648. The average Bonchev–Trinajstić information content (AvgIpc) is 3.22. The van der Waals surface area contributed by atoms with Gasteiger partial charge in [-0.25, -0.2) is 8.42 Å². The SMILES string of the molecule is CC(=O)c1ccc(S(=O)(=O)N[C@@H](C)C(=O)NC2CC2)cc1. The van der Waals surface area contributed by atoms with Gasteiger partial charge < -0.3 is 5.32 Å². The van der Waals surface area contributed by atoms with Gasteiger partial charge in [0.1, 0.15) is 0 Å². The van der Waals surface area contributed by atoms with Gasteiger partial charge in [-0.15, -0.1) is 0 Å². The molecular formula is C14H18N2O4S. The Morgan fingerprint density at radius 3 is 2.24 bits per heavy atom. The molecule has 1 aliphatic carbocycles. The number of carbonyl (C=O) groups is 2. The minimum atomic E-state index is -3.78.